The van der Waals surface area contributed by atoms with Gasteiger partial charge in [0.1, 0.15) is 11.5 Å². The van der Waals surface area contributed by atoms with Crippen LogP contribution in [0.15, 0.2) is 53.7 Å². The SMILES string of the molecule is CCOc1ccc(NC(=O)CSc2nnc(-c3cccc(OC)c3)n2N)cc1. The quantitative estimate of drug-likeness (QED) is 0.443. The number of thioether (sulfide) groups is 1. The Labute approximate surface area is 167 Å². The molecule has 3 rings (SSSR count). The molecule has 8 nitrogen and oxygen atoms in total. The normalized spacial score (nSPS) is 10.5. The average molecular weight is 399 g/mol. The molecule has 0 bridgehead atoms. The van der Waals surface area contributed by atoms with Crippen molar-refractivity contribution in [3.63, 3.8) is 0 Å². The minimum Gasteiger partial charge on any atom is -0.497 e. The Bertz CT molecular complexity index is 943. The first-order valence-corrected chi connectivity index (χ1v) is 9.59. The number of carbonyl (C=O) groups is 1. The molecular weight excluding hydrogens is 378 g/mol. The number of rotatable bonds is 8. The van der Waals surface area contributed by atoms with Crippen LogP contribution in [0.25, 0.3) is 11.4 Å². The topological polar surface area (TPSA) is 104 Å². The maximum absolute atomic E-state index is 12.2. The van der Waals surface area contributed by atoms with E-state index in [4.69, 9.17) is 15.3 Å². The molecule has 0 atom stereocenters. The number of anilines is 1. The van der Waals surface area contributed by atoms with Crippen LogP contribution in [-0.4, -0.2) is 40.3 Å². The Balaban J connectivity index is 1.60. The third-order valence-electron chi connectivity index (χ3n) is 3.77. The van der Waals surface area contributed by atoms with Crippen LogP contribution in [0.4, 0.5) is 5.69 Å². The van der Waals surface area contributed by atoms with Crippen LogP contribution >= 0.6 is 11.8 Å². The van der Waals surface area contributed by atoms with Crippen LogP contribution in [0.2, 0.25) is 0 Å². The van der Waals surface area contributed by atoms with Gasteiger partial charge in [-0.1, -0.05) is 23.9 Å². The van der Waals surface area contributed by atoms with Gasteiger partial charge in [0.25, 0.3) is 0 Å². The van der Waals surface area contributed by atoms with E-state index in [-0.39, 0.29) is 11.7 Å². The molecule has 9 heteroatoms. The standard InChI is InChI=1S/C19H21N5O3S/c1-3-27-15-9-7-14(8-10-15)21-17(25)12-28-19-23-22-18(24(19)20)13-5-4-6-16(11-13)26-2/h4-11H,3,12,20H2,1-2H3,(H,21,25). The van der Waals surface area contributed by atoms with Crippen molar-refractivity contribution in [3.8, 4) is 22.9 Å². The Morgan fingerprint density at radius 2 is 1.96 bits per heavy atom. The summed E-state index contributed by atoms with van der Waals surface area (Å²) in [5, 5.41) is 11.5. The highest BCUT2D eigenvalue weighted by Gasteiger charge is 2.14. The molecule has 0 aliphatic heterocycles. The third-order valence-corrected chi connectivity index (χ3v) is 4.72. The van der Waals surface area contributed by atoms with E-state index in [0.29, 0.717) is 29.0 Å². The monoisotopic (exact) mass is 399 g/mol. The number of methoxy groups -OCH3 is 1. The van der Waals surface area contributed by atoms with E-state index >= 15 is 0 Å². The second-order valence-corrected chi connectivity index (χ2v) is 6.64. The van der Waals surface area contributed by atoms with E-state index in [0.717, 1.165) is 11.3 Å². The van der Waals surface area contributed by atoms with Crippen LogP contribution in [0, 0.1) is 0 Å². The summed E-state index contributed by atoms with van der Waals surface area (Å²) in [7, 11) is 1.59. The number of ether oxygens (including phenoxy) is 2. The van der Waals surface area contributed by atoms with E-state index in [1.807, 2.05) is 43.3 Å². The molecule has 3 aromatic rings. The Morgan fingerprint density at radius 3 is 2.68 bits per heavy atom. The lowest BCUT2D eigenvalue weighted by Crippen LogP contribution is -2.16. The highest BCUT2D eigenvalue weighted by atomic mass is 32.2. The molecule has 0 spiro atoms. The summed E-state index contributed by atoms with van der Waals surface area (Å²) < 4.78 is 12.0. The minimum atomic E-state index is -0.167. The van der Waals surface area contributed by atoms with Gasteiger partial charge in [-0.2, -0.15) is 0 Å². The summed E-state index contributed by atoms with van der Waals surface area (Å²) in [5.41, 5.74) is 1.47. The van der Waals surface area contributed by atoms with E-state index in [1.165, 1.54) is 16.4 Å². The molecule has 3 N–H and O–H groups in total. The number of nitrogens with zero attached hydrogens (tertiary/aromatic N) is 3. The van der Waals surface area contributed by atoms with E-state index < -0.39 is 0 Å². The number of amides is 1. The fourth-order valence-corrected chi connectivity index (χ4v) is 3.12. The molecule has 0 aliphatic carbocycles. The van der Waals surface area contributed by atoms with Gasteiger partial charge in [-0.3, -0.25) is 4.79 Å². The molecule has 0 saturated carbocycles. The second-order valence-electron chi connectivity index (χ2n) is 5.70. The van der Waals surface area contributed by atoms with Gasteiger partial charge in [-0.05, 0) is 43.3 Å². The second kappa shape index (κ2) is 9.14. The summed E-state index contributed by atoms with van der Waals surface area (Å²) in [4.78, 5) is 12.2. The molecule has 0 fully saturated rings. The van der Waals surface area contributed by atoms with E-state index in [2.05, 4.69) is 15.5 Å². The van der Waals surface area contributed by atoms with Crippen molar-refractivity contribution in [3.05, 3.63) is 48.5 Å². The molecule has 28 heavy (non-hydrogen) atoms. The zero-order valence-electron chi connectivity index (χ0n) is 15.6. The lowest BCUT2D eigenvalue weighted by molar-refractivity contribution is -0.113. The molecule has 0 unspecified atom stereocenters. The number of nitrogen functional groups attached to an aromatic ring is 1. The van der Waals surface area contributed by atoms with Gasteiger partial charge in [0.15, 0.2) is 5.82 Å². The minimum absolute atomic E-state index is 0.153. The molecule has 0 saturated heterocycles. The van der Waals surface area contributed by atoms with Crippen molar-refractivity contribution < 1.29 is 14.3 Å². The Kier molecular flexibility index (Phi) is 6.38. The van der Waals surface area contributed by atoms with Crippen molar-refractivity contribution >= 4 is 23.4 Å². The largest absolute Gasteiger partial charge is 0.497 e. The number of aromatic nitrogens is 3. The van der Waals surface area contributed by atoms with E-state index in [9.17, 15) is 4.79 Å². The first kappa shape index (κ1) is 19.6. The van der Waals surface area contributed by atoms with E-state index in [1.54, 1.807) is 19.2 Å². The van der Waals surface area contributed by atoms with Crippen LogP contribution in [0.3, 0.4) is 0 Å². The Hall–Kier alpha value is -3.20. The summed E-state index contributed by atoms with van der Waals surface area (Å²) in [6, 6.07) is 14.6. The molecular formula is C19H21N5O3S. The first-order valence-electron chi connectivity index (χ1n) is 8.61. The van der Waals surface area contributed by atoms with Gasteiger partial charge in [0.2, 0.25) is 11.1 Å². The van der Waals surface area contributed by atoms with Crippen LogP contribution < -0.4 is 20.6 Å². The summed E-state index contributed by atoms with van der Waals surface area (Å²) >= 11 is 1.21. The van der Waals surface area contributed by atoms with Gasteiger partial charge in [-0.15, -0.1) is 10.2 Å². The lowest BCUT2D eigenvalue weighted by Gasteiger charge is -2.07. The lowest BCUT2D eigenvalue weighted by atomic mass is 10.2. The van der Waals surface area contributed by atoms with Crippen LogP contribution in [0.5, 0.6) is 11.5 Å². The van der Waals surface area contributed by atoms with Gasteiger partial charge in [0, 0.05) is 11.3 Å². The number of hydrogen-bond acceptors (Lipinski definition) is 7. The molecule has 1 aromatic heterocycles. The van der Waals surface area contributed by atoms with Crippen molar-refractivity contribution in [1.82, 2.24) is 14.9 Å². The molecule has 1 amide bonds. The van der Waals surface area contributed by atoms with Gasteiger partial charge >= 0.3 is 0 Å². The van der Waals surface area contributed by atoms with Crippen molar-refractivity contribution in [2.24, 2.45) is 0 Å². The van der Waals surface area contributed by atoms with Crippen LogP contribution in [0.1, 0.15) is 6.92 Å². The molecule has 1 heterocycles. The molecule has 2 aromatic carbocycles. The number of nitrogens with two attached hydrogens (primary N) is 1. The van der Waals surface area contributed by atoms with Crippen LogP contribution in [-0.2, 0) is 4.79 Å². The molecule has 0 radical (unpaired) electrons. The van der Waals surface area contributed by atoms with Crippen molar-refractivity contribution in [1.29, 1.82) is 0 Å². The first-order chi connectivity index (χ1) is 13.6. The fraction of sp³-hybridized carbons (Fsp3) is 0.211. The number of nitrogens with one attached hydrogen (secondary N) is 1. The predicted molar refractivity (Wildman–Crippen MR) is 109 cm³/mol. The maximum atomic E-state index is 12.2. The molecule has 0 aliphatic rings. The number of carbonyl (C=O) groups excluding carboxylic acids is 1. The maximum Gasteiger partial charge on any atom is 0.234 e. The molecule has 146 valence electrons. The predicted octanol–water partition coefficient (Wildman–Crippen LogP) is 2.80. The average Bonchev–Trinajstić information content (AvgIpc) is 3.08. The summed E-state index contributed by atoms with van der Waals surface area (Å²) in [6.45, 7) is 2.52. The van der Waals surface area contributed by atoms with Crippen molar-refractivity contribution in [2.45, 2.75) is 12.1 Å². The number of hydrogen-bond donors (Lipinski definition) is 2. The van der Waals surface area contributed by atoms with Gasteiger partial charge in [0.05, 0.1) is 19.5 Å². The fourth-order valence-electron chi connectivity index (χ4n) is 2.46. The smallest absolute Gasteiger partial charge is 0.234 e. The zero-order chi connectivity index (χ0) is 19.9. The zero-order valence-corrected chi connectivity index (χ0v) is 16.4. The summed E-state index contributed by atoms with van der Waals surface area (Å²) in [5.74, 6) is 8.03. The van der Waals surface area contributed by atoms with Crippen molar-refractivity contribution in [2.75, 3.05) is 30.6 Å². The highest BCUT2D eigenvalue weighted by molar-refractivity contribution is 7.99. The Morgan fingerprint density at radius 1 is 1.18 bits per heavy atom. The third kappa shape index (κ3) is 4.74. The van der Waals surface area contributed by atoms with Gasteiger partial charge < -0.3 is 20.6 Å². The number of benzene rings is 2. The summed E-state index contributed by atoms with van der Waals surface area (Å²) in [6.07, 6.45) is 0. The van der Waals surface area contributed by atoms with Gasteiger partial charge in [-0.25, -0.2) is 4.68 Å². The highest BCUT2D eigenvalue weighted by Crippen LogP contribution is 2.24.